The number of aliphatic hydroxyl groups is 1. The van der Waals surface area contributed by atoms with E-state index in [1.54, 1.807) is 0 Å². The lowest BCUT2D eigenvalue weighted by Gasteiger charge is -2.27. The van der Waals surface area contributed by atoms with Crippen LogP contribution in [0.5, 0.6) is 5.75 Å². The van der Waals surface area contributed by atoms with Gasteiger partial charge in [0.05, 0.1) is 11.1 Å². The molecule has 0 aromatic heterocycles. The molecule has 0 spiro atoms. The fourth-order valence-electron chi connectivity index (χ4n) is 2.46. The van der Waals surface area contributed by atoms with Crippen molar-refractivity contribution in [2.75, 3.05) is 13.2 Å². The van der Waals surface area contributed by atoms with Gasteiger partial charge >= 0.3 is 0 Å². The number of carbonyl (C=O) groups is 1. The van der Waals surface area contributed by atoms with Crippen molar-refractivity contribution >= 4 is 17.5 Å². The third-order valence-corrected chi connectivity index (χ3v) is 3.98. The standard InChI is InChI=1S/C15H19ClFNO3/c16-12-7-11(17)5-6-14(12)21-9-15(20)18-8-10-3-1-2-4-13(10)19/h5-7,10,13,19H,1-4,8-9H2,(H,18,20). The third-order valence-electron chi connectivity index (χ3n) is 3.68. The van der Waals surface area contributed by atoms with Gasteiger partial charge in [-0.2, -0.15) is 0 Å². The van der Waals surface area contributed by atoms with Crippen LogP contribution >= 0.6 is 11.6 Å². The Balaban J connectivity index is 1.74. The van der Waals surface area contributed by atoms with Gasteiger partial charge in [0.25, 0.3) is 5.91 Å². The predicted octanol–water partition coefficient (Wildman–Crippen LogP) is 2.53. The van der Waals surface area contributed by atoms with Crippen LogP contribution in [0, 0.1) is 11.7 Å². The van der Waals surface area contributed by atoms with Crippen molar-refractivity contribution < 1.29 is 19.0 Å². The molecular weight excluding hydrogens is 297 g/mol. The number of amides is 1. The van der Waals surface area contributed by atoms with E-state index in [2.05, 4.69) is 5.32 Å². The van der Waals surface area contributed by atoms with Crippen LogP contribution in [0.25, 0.3) is 0 Å². The van der Waals surface area contributed by atoms with E-state index in [0.717, 1.165) is 31.7 Å². The minimum Gasteiger partial charge on any atom is -0.482 e. The molecule has 1 aromatic rings. The molecule has 6 heteroatoms. The van der Waals surface area contributed by atoms with E-state index in [4.69, 9.17) is 16.3 Å². The van der Waals surface area contributed by atoms with Gasteiger partial charge in [0.1, 0.15) is 11.6 Å². The molecule has 1 aromatic carbocycles. The minimum absolute atomic E-state index is 0.108. The highest BCUT2D eigenvalue weighted by atomic mass is 35.5. The van der Waals surface area contributed by atoms with Gasteiger partial charge in [-0.1, -0.05) is 24.4 Å². The SMILES string of the molecule is O=C(COc1ccc(F)cc1Cl)NCC1CCCCC1O. The monoisotopic (exact) mass is 315 g/mol. The summed E-state index contributed by atoms with van der Waals surface area (Å²) in [5, 5.41) is 12.7. The molecule has 0 heterocycles. The Kier molecular flexibility index (Phi) is 5.82. The van der Waals surface area contributed by atoms with Crippen molar-refractivity contribution in [2.45, 2.75) is 31.8 Å². The van der Waals surface area contributed by atoms with Gasteiger partial charge in [-0.05, 0) is 31.0 Å². The summed E-state index contributed by atoms with van der Waals surface area (Å²) in [4.78, 5) is 11.7. The Morgan fingerprint density at radius 2 is 2.19 bits per heavy atom. The van der Waals surface area contributed by atoms with E-state index in [-0.39, 0.29) is 35.3 Å². The molecule has 0 bridgehead atoms. The van der Waals surface area contributed by atoms with Crippen LogP contribution in [-0.2, 0) is 4.79 Å². The maximum absolute atomic E-state index is 12.9. The quantitative estimate of drug-likeness (QED) is 0.878. The lowest BCUT2D eigenvalue weighted by Crippen LogP contribution is -2.38. The molecule has 1 aliphatic rings. The summed E-state index contributed by atoms with van der Waals surface area (Å²) in [7, 11) is 0. The number of benzene rings is 1. The average Bonchev–Trinajstić information content (AvgIpc) is 2.45. The topological polar surface area (TPSA) is 58.6 Å². The molecule has 21 heavy (non-hydrogen) atoms. The van der Waals surface area contributed by atoms with Crippen LogP contribution in [0.2, 0.25) is 5.02 Å². The number of carbonyl (C=O) groups excluding carboxylic acids is 1. The number of hydrogen-bond acceptors (Lipinski definition) is 3. The molecule has 1 aliphatic carbocycles. The van der Waals surface area contributed by atoms with Crippen LogP contribution in [0.15, 0.2) is 18.2 Å². The Morgan fingerprint density at radius 1 is 1.43 bits per heavy atom. The largest absolute Gasteiger partial charge is 0.482 e. The highest BCUT2D eigenvalue weighted by Crippen LogP contribution is 2.25. The molecule has 2 N–H and O–H groups in total. The molecule has 2 rings (SSSR count). The summed E-state index contributed by atoms with van der Waals surface area (Å²) in [6.07, 6.45) is 3.50. The summed E-state index contributed by atoms with van der Waals surface area (Å²) in [6.45, 7) is 0.259. The van der Waals surface area contributed by atoms with Gasteiger partial charge in [-0.15, -0.1) is 0 Å². The molecule has 4 nitrogen and oxygen atoms in total. The normalized spacial score (nSPS) is 21.9. The van der Waals surface area contributed by atoms with Crippen molar-refractivity contribution in [1.82, 2.24) is 5.32 Å². The van der Waals surface area contributed by atoms with Crippen molar-refractivity contribution in [3.63, 3.8) is 0 Å². The van der Waals surface area contributed by atoms with Gasteiger partial charge in [-0.25, -0.2) is 4.39 Å². The number of halogens is 2. The molecule has 2 unspecified atom stereocenters. The first-order valence-electron chi connectivity index (χ1n) is 7.09. The second-order valence-electron chi connectivity index (χ2n) is 5.28. The number of aliphatic hydroxyl groups excluding tert-OH is 1. The Labute approximate surface area is 128 Å². The Bertz CT molecular complexity index is 498. The number of nitrogens with one attached hydrogen (secondary N) is 1. The molecular formula is C15H19ClFNO3. The molecule has 0 radical (unpaired) electrons. The summed E-state index contributed by atoms with van der Waals surface area (Å²) >= 11 is 5.80. The van der Waals surface area contributed by atoms with E-state index >= 15 is 0 Å². The lowest BCUT2D eigenvalue weighted by atomic mass is 9.86. The number of hydrogen-bond donors (Lipinski definition) is 2. The average molecular weight is 316 g/mol. The molecule has 2 atom stereocenters. The second kappa shape index (κ2) is 7.61. The number of rotatable bonds is 5. The highest BCUT2D eigenvalue weighted by molar-refractivity contribution is 6.32. The van der Waals surface area contributed by atoms with Gasteiger partial charge in [-0.3, -0.25) is 4.79 Å². The summed E-state index contributed by atoms with van der Waals surface area (Å²) < 4.78 is 18.1. The Morgan fingerprint density at radius 3 is 2.90 bits per heavy atom. The molecule has 0 aliphatic heterocycles. The van der Waals surface area contributed by atoms with Crippen molar-refractivity contribution in [1.29, 1.82) is 0 Å². The number of ether oxygens (including phenoxy) is 1. The van der Waals surface area contributed by atoms with E-state index in [1.165, 1.54) is 12.1 Å². The van der Waals surface area contributed by atoms with E-state index in [1.807, 2.05) is 0 Å². The van der Waals surface area contributed by atoms with Crippen molar-refractivity contribution in [2.24, 2.45) is 5.92 Å². The fourth-order valence-corrected chi connectivity index (χ4v) is 2.68. The smallest absolute Gasteiger partial charge is 0.257 e. The van der Waals surface area contributed by atoms with Crippen LogP contribution in [0.3, 0.4) is 0 Å². The third kappa shape index (κ3) is 4.86. The van der Waals surface area contributed by atoms with E-state index in [9.17, 15) is 14.3 Å². The van der Waals surface area contributed by atoms with Crippen LogP contribution in [0.1, 0.15) is 25.7 Å². The molecule has 1 amide bonds. The van der Waals surface area contributed by atoms with Crippen molar-refractivity contribution in [3.8, 4) is 5.75 Å². The van der Waals surface area contributed by atoms with E-state index < -0.39 is 5.82 Å². The van der Waals surface area contributed by atoms with Gasteiger partial charge in [0.15, 0.2) is 6.61 Å². The van der Waals surface area contributed by atoms with Crippen LogP contribution in [0.4, 0.5) is 4.39 Å². The molecule has 0 saturated heterocycles. The zero-order valence-corrected chi connectivity index (χ0v) is 12.4. The lowest BCUT2D eigenvalue weighted by molar-refractivity contribution is -0.123. The first-order chi connectivity index (χ1) is 10.1. The van der Waals surface area contributed by atoms with Crippen LogP contribution in [-0.4, -0.2) is 30.3 Å². The maximum atomic E-state index is 12.9. The zero-order chi connectivity index (χ0) is 15.2. The van der Waals surface area contributed by atoms with Crippen molar-refractivity contribution in [3.05, 3.63) is 29.0 Å². The van der Waals surface area contributed by atoms with E-state index in [0.29, 0.717) is 6.54 Å². The molecule has 1 fully saturated rings. The summed E-state index contributed by atoms with van der Waals surface area (Å²) in [5.41, 5.74) is 0. The molecule has 1 saturated carbocycles. The van der Waals surface area contributed by atoms with Gasteiger partial charge in [0.2, 0.25) is 0 Å². The zero-order valence-electron chi connectivity index (χ0n) is 11.6. The summed E-state index contributed by atoms with van der Waals surface area (Å²) in [5.74, 6) is -0.362. The fraction of sp³-hybridized carbons (Fsp3) is 0.533. The second-order valence-corrected chi connectivity index (χ2v) is 5.69. The van der Waals surface area contributed by atoms with Gasteiger partial charge < -0.3 is 15.2 Å². The predicted molar refractivity (Wildman–Crippen MR) is 77.9 cm³/mol. The first kappa shape index (κ1) is 16.0. The maximum Gasteiger partial charge on any atom is 0.257 e. The minimum atomic E-state index is -0.455. The van der Waals surface area contributed by atoms with Gasteiger partial charge in [0, 0.05) is 12.5 Å². The highest BCUT2D eigenvalue weighted by Gasteiger charge is 2.23. The van der Waals surface area contributed by atoms with Crippen LogP contribution < -0.4 is 10.1 Å². The summed E-state index contributed by atoms with van der Waals surface area (Å²) in [6, 6.07) is 3.74. The first-order valence-corrected chi connectivity index (χ1v) is 7.46. The molecule has 116 valence electrons. The Hall–Kier alpha value is -1.33.